The summed E-state index contributed by atoms with van der Waals surface area (Å²) in [5.41, 5.74) is 1.14. The van der Waals surface area contributed by atoms with Crippen molar-refractivity contribution < 1.29 is 9.53 Å². The minimum Gasteiger partial charge on any atom is -0.410 e. The normalized spacial score (nSPS) is 14.9. The number of piperidine rings is 1. The highest BCUT2D eigenvalue weighted by atomic mass is 32.2. The number of carbonyl (C=O) groups excluding carboxylic acids is 1. The Morgan fingerprint density at radius 2 is 2.07 bits per heavy atom. The summed E-state index contributed by atoms with van der Waals surface area (Å²) in [6.07, 6.45) is 5.01. The summed E-state index contributed by atoms with van der Waals surface area (Å²) in [6, 6.07) is 7.60. The second-order valence-corrected chi connectivity index (χ2v) is 8.82. The molecule has 0 saturated carbocycles. The first-order valence-corrected chi connectivity index (χ1v) is 11.1. The molecule has 2 aromatic heterocycles. The number of benzene rings is 1. The number of nitrogens with zero attached hydrogens (tertiary/aromatic N) is 6. The Bertz CT molecular complexity index is 922. The van der Waals surface area contributed by atoms with Gasteiger partial charge in [0.25, 0.3) is 0 Å². The van der Waals surface area contributed by atoms with Gasteiger partial charge in [-0.2, -0.15) is 0 Å². The lowest BCUT2D eigenvalue weighted by Gasteiger charge is -2.30. The number of hydrogen-bond acceptors (Lipinski definition) is 8. The van der Waals surface area contributed by atoms with Crippen LogP contribution in [0, 0.1) is 0 Å². The number of carbonyl (C=O) groups is 1. The summed E-state index contributed by atoms with van der Waals surface area (Å²) in [6.45, 7) is 1.33. The first-order chi connectivity index (χ1) is 14.2. The summed E-state index contributed by atoms with van der Waals surface area (Å²) in [5.74, 6) is 1.36. The molecule has 152 valence electrons. The molecule has 3 aromatic rings. The highest BCUT2D eigenvalue weighted by molar-refractivity contribution is 7.99. The Labute approximate surface area is 176 Å². The molecule has 1 aliphatic heterocycles. The number of nitrogens with one attached hydrogen (secondary N) is 1. The molecule has 3 heterocycles. The van der Waals surface area contributed by atoms with E-state index in [9.17, 15) is 4.79 Å². The third kappa shape index (κ3) is 5.30. The monoisotopic (exact) mass is 431 g/mol. The molecule has 0 bridgehead atoms. The molecule has 1 amide bonds. The number of aryl methyl sites for hydroxylation is 1. The lowest BCUT2D eigenvalue weighted by molar-refractivity contribution is 0.143. The molecule has 0 atom stereocenters. The van der Waals surface area contributed by atoms with Gasteiger partial charge in [-0.15, -0.1) is 5.10 Å². The van der Waals surface area contributed by atoms with Gasteiger partial charge in [-0.05, 0) is 41.0 Å². The van der Waals surface area contributed by atoms with Crippen molar-refractivity contribution in [2.24, 2.45) is 7.05 Å². The molecule has 1 N–H and O–H groups in total. The number of rotatable bonds is 6. The number of hydrogen-bond donors (Lipinski definition) is 1. The number of thioether (sulfide) groups is 2. The number of H-pyrrole nitrogens is 1. The van der Waals surface area contributed by atoms with Gasteiger partial charge in [-0.25, -0.2) is 14.5 Å². The summed E-state index contributed by atoms with van der Waals surface area (Å²) in [5, 5.41) is 13.6. The van der Waals surface area contributed by atoms with Gasteiger partial charge in [0.05, 0.1) is 0 Å². The van der Waals surface area contributed by atoms with Gasteiger partial charge in [0.15, 0.2) is 5.16 Å². The summed E-state index contributed by atoms with van der Waals surface area (Å²) < 4.78 is 7.21. The highest BCUT2D eigenvalue weighted by Crippen LogP contribution is 2.28. The molecule has 0 radical (unpaired) electrons. The van der Waals surface area contributed by atoms with E-state index >= 15 is 0 Å². The molecule has 9 nitrogen and oxygen atoms in total. The average molecular weight is 432 g/mol. The van der Waals surface area contributed by atoms with Crippen LogP contribution in [-0.4, -0.2) is 59.5 Å². The Morgan fingerprint density at radius 1 is 1.28 bits per heavy atom. The second-order valence-electron chi connectivity index (χ2n) is 6.58. The Kier molecular flexibility index (Phi) is 6.35. The van der Waals surface area contributed by atoms with Gasteiger partial charge in [-0.3, -0.25) is 0 Å². The third-order valence-electron chi connectivity index (χ3n) is 4.53. The summed E-state index contributed by atoms with van der Waals surface area (Å²) in [4.78, 5) is 21.5. The van der Waals surface area contributed by atoms with E-state index in [0.29, 0.717) is 24.1 Å². The van der Waals surface area contributed by atoms with E-state index in [1.807, 2.05) is 31.3 Å². The van der Waals surface area contributed by atoms with Crippen molar-refractivity contribution in [3.8, 4) is 5.75 Å². The second kappa shape index (κ2) is 9.31. The fraction of sp³-hybridized carbons (Fsp3) is 0.389. The average Bonchev–Trinajstić information content (AvgIpc) is 3.40. The molecule has 0 spiro atoms. The van der Waals surface area contributed by atoms with Gasteiger partial charge in [0.2, 0.25) is 5.16 Å². The van der Waals surface area contributed by atoms with Gasteiger partial charge >= 0.3 is 6.09 Å². The molecule has 0 unspecified atom stereocenters. The largest absolute Gasteiger partial charge is 0.415 e. The Hall–Kier alpha value is -2.53. The predicted molar refractivity (Wildman–Crippen MR) is 110 cm³/mol. The number of amides is 1. The van der Waals surface area contributed by atoms with E-state index in [1.165, 1.54) is 0 Å². The topological polar surface area (TPSA) is 102 Å². The van der Waals surface area contributed by atoms with Gasteiger partial charge < -0.3 is 14.6 Å². The van der Waals surface area contributed by atoms with E-state index in [4.69, 9.17) is 4.74 Å². The first kappa shape index (κ1) is 19.8. The molecular weight excluding hydrogens is 410 g/mol. The highest BCUT2D eigenvalue weighted by Gasteiger charge is 2.26. The standard InChI is InChI=1S/C18H21N7O2S2/c1-24-17(21-22-23-24)29-15-6-10-25(11-7-15)18(26)27-14-4-2-13(3-5-14)12-28-16-19-8-9-20-16/h2-5,8-9,15H,6-7,10-12H2,1H3,(H,19,20). The zero-order valence-electron chi connectivity index (χ0n) is 15.9. The van der Waals surface area contributed by atoms with Crippen molar-refractivity contribution in [2.45, 2.75) is 34.2 Å². The minimum atomic E-state index is -0.300. The van der Waals surface area contributed by atoms with Crippen molar-refractivity contribution in [1.29, 1.82) is 0 Å². The van der Waals surface area contributed by atoms with Gasteiger partial charge in [0, 0.05) is 43.5 Å². The number of ether oxygens (including phenoxy) is 1. The maximum atomic E-state index is 12.5. The molecular formula is C18H21N7O2S2. The predicted octanol–water partition coefficient (Wildman–Crippen LogP) is 2.98. The maximum absolute atomic E-state index is 12.5. The smallest absolute Gasteiger partial charge is 0.410 e. The Balaban J connectivity index is 1.22. The van der Waals surface area contributed by atoms with E-state index in [2.05, 4.69) is 25.5 Å². The molecule has 29 heavy (non-hydrogen) atoms. The lowest BCUT2D eigenvalue weighted by atomic mass is 10.1. The van der Waals surface area contributed by atoms with E-state index in [1.54, 1.807) is 45.5 Å². The zero-order valence-corrected chi connectivity index (χ0v) is 17.5. The molecule has 1 fully saturated rings. The van der Waals surface area contributed by atoms with Crippen LogP contribution in [0.25, 0.3) is 0 Å². The first-order valence-electron chi connectivity index (χ1n) is 9.24. The number of aromatic amines is 1. The van der Waals surface area contributed by atoms with Crippen LogP contribution < -0.4 is 4.74 Å². The van der Waals surface area contributed by atoms with E-state index in [0.717, 1.165) is 34.5 Å². The van der Waals surface area contributed by atoms with Crippen LogP contribution in [0.5, 0.6) is 5.75 Å². The fourth-order valence-corrected chi connectivity index (χ4v) is 4.73. The quantitative estimate of drug-likeness (QED) is 0.595. The van der Waals surface area contributed by atoms with Crippen LogP contribution in [-0.2, 0) is 12.8 Å². The van der Waals surface area contributed by atoms with Crippen LogP contribution in [0.2, 0.25) is 0 Å². The van der Waals surface area contributed by atoms with Crippen LogP contribution in [0.15, 0.2) is 47.0 Å². The maximum Gasteiger partial charge on any atom is 0.415 e. The third-order valence-corrected chi connectivity index (χ3v) is 6.87. The number of tetrazole rings is 1. The molecule has 0 aliphatic carbocycles. The van der Waals surface area contributed by atoms with E-state index < -0.39 is 0 Å². The van der Waals surface area contributed by atoms with Crippen molar-refractivity contribution in [2.75, 3.05) is 13.1 Å². The molecule has 4 rings (SSSR count). The summed E-state index contributed by atoms with van der Waals surface area (Å²) >= 11 is 3.29. The number of imidazole rings is 1. The van der Waals surface area contributed by atoms with Crippen LogP contribution >= 0.6 is 23.5 Å². The van der Waals surface area contributed by atoms with Crippen molar-refractivity contribution >= 4 is 29.6 Å². The van der Waals surface area contributed by atoms with Crippen LogP contribution in [0.4, 0.5) is 4.79 Å². The number of aromatic nitrogens is 6. The van der Waals surface area contributed by atoms with E-state index in [-0.39, 0.29) is 6.09 Å². The molecule has 11 heteroatoms. The Morgan fingerprint density at radius 3 is 2.72 bits per heavy atom. The lowest BCUT2D eigenvalue weighted by Crippen LogP contribution is -2.40. The minimum absolute atomic E-state index is 0.300. The summed E-state index contributed by atoms with van der Waals surface area (Å²) in [7, 11) is 1.83. The zero-order chi connectivity index (χ0) is 20.1. The van der Waals surface area contributed by atoms with Crippen molar-refractivity contribution in [3.05, 3.63) is 42.2 Å². The van der Waals surface area contributed by atoms with Gasteiger partial charge in [-0.1, -0.05) is 35.7 Å². The van der Waals surface area contributed by atoms with Crippen molar-refractivity contribution in [1.82, 2.24) is 35.1 Å². The molecule has 1 aliphatic rings. The molecule has 1 aromatic carbocycles. The SMILES string of the molecule is Cn1nnnc1SC1CCN(C(=O)Oc2ccc(CSc3ncc[nH]3)cc2)CC1. The number of likely N-dealkylation sites (tertiary alicyclic amines) is 1. The van der Waals surface area contributed by atoms with Crippen LogP contribution in [0.1, 0.15) is 18.4 Å². The molecule has 1 saturated heterocycles. The fourth-order valence-electron chi connectivity index (χ4n) is 2.93. The van der Waals surface area contributed by atoms with Gasteiger partial charge in [0.1, 0.15) is 5.75 Å². The van der Waals surface area contributed by atoms with Crippen LogP contribution in [0.3, 0.4) is 0 Å². The van der Waals surface area contributed by atoms with Crippen molar-refractivity contribution in [3.63, 3.8) is 0 Å².